The first-order valence-corrected chi connectivity index (χ1v) is 7.81. The zero-order valence-electron chi connectivity index (χ0n) is 14.1. The maximum absolute atomic E-state index is 9.55. The molecule has 0 bridgehead atoms. The Morgan fingerprint density at radius 2 is 1.68 bits per heavy atom. The second-order valence-corrected chi connectivity index (χ2v) is 5.52. The first-order valence-electron chi connectivity index (χ1n) is 7.81. The monoisotopic (exact) mass is 340 g/mol. The van der Waals surface area contributed by atoms with Crippen LogP contribution in [0, 0.1) is 6.92 Å². The predicted octanol–water partition coefficient (Wildman–Crippen LogP) is 3.00. The summed E-state index contributed by atoms with van der Waals surface area (Å²) < 4.78 is 2.38. The summed E-state index contributed by atoms with van der Waals surface area (Å²) in [6.45, 7) is 6.21. The van der Waals surface area contributed by atoms with Crippen LogP contribution in [0.15, 0.2) is 53.5 Å². The first-order chi connectivity index (χ1) is 11.9. The summed E-state index contributed by atoms with van der Waals surface area (Å²) in [4.78, 5) is 23.6. The molecule has 0 unspecified atom stereocenters. The summed E-state index contributed by atoms with van der Waals surface area (Å²) in [5.41, 5.74) is 6.39. The van der Waals surface area contributed by atoms with Gasteiger partial charge >= 0.3 is 11.9 Å². The van der Waals surface area contributed by atoms with E-state index in [4.69, 9.17) is 10.2 Å². The Morgan fingerprint density at radius 3 is 2.20 bits per heavy atom. The van der Waals surface area contributed by atoms with Crippen LogP contribution >= 0.6 is 0 Å². The van der Waals surface area contributed by atoms with Crippen LogP contribution in [0.1, 0.15) is 18.3 Å². The molecule has 130 valence electrons. The van der Waals surface area contributed by atoms with Crippen LogP contribution in [0.25, 0.3) is 11.1 Å². The van der Waals surface area contributed by atoms with E-state index in [1.165, 1.54) is 22.5 Å². The maximum atomic E-state index is 9.55. The molecule has 0 aliphatic carbocycles. The van der Waals surface area contributed by atoms with Gasteiger partial charge in [-0.05, 0) is 25.5 Å². The SMILES string of the molecule is CC1=NCCn2c1cc(-c1ccccc1)c2C.O=C(O)C=CC(=O)O. The molecule has 2 aromatic rings. The number of hydrogen-bond acceptors (Lipinski definition) is 3. The zero-order valence-corrected chi connectivity index (χ0v) is 14.1. The number of benzene rings is 1. The second kappa shape index (κ2) is 8.10. The molecule has 0 amide bonds. The largest absolute Gasteiger partial charge is 0.478 e. The molecular formula is C19H20N2O4. The average molecular weight is 340 g/mol. The van der Waals surface area contributed by atoms with Crippen LogP contribution in [-0.2, 0) is 16.1 Å². The summed E-state index contributed by atoms with van der Waals surface area (Å²) in [6, 6.07) is 12.8. The van der Waals surface area contributed by atoms with Crippen molar-refractivity contribution in [1.82, 2.24) is 4.57 Å². The van der Waals surface area contributed by atoms with E-state index in [1.807, 2.05) is 0 Å². The van der Waals surface area contributed by atoms with E-state index in [0.29, 0.717) is 12.2 Å². The second-order valence-electron chi connectivity index (χ2n) is 5.52. The van der Waals surface area contributed by atoms with Crippen molar-refractivity contribution in [3.8, 4) is 11.1 Å². The summed E-state index contributed by atoms with van der Waals surface area (Å²) in [5, 5.41) is 15.6. The molecule has 25 heavy (non-hydrogen) atoms. The van der Waals surface area contributed by atoms with Gasteiger partial charge in [0.15, 0.2) is 0 Å². The van der Waals surface area contributed by atoms with E-state index in [1.54, 1.807) is 0 Å². The first kappa shape index (κ1) is 18.2. The van der Waals surface area contributed by atoms with Crippen molar-refractivity contribution in [2.75, 3.05) is 6.54 Å². The van der Waals surface area contributed by atoms with E-state index in [-0.39, 0.29) is 0 Å². The molecule has 0 saturated carbocycles. The Morgan fingerprint density at radius 1 is 1.08 bits per heavy atom. The van der Waals surface area contributed by atoms with Gasteiger partial charge in [0.05, 0.1) is 18.0 Å². The van der Waals surface area contributed by atoms with Gasteiger partial charge in [-0.2, -0.15) is 0 Å². The van der Waals surface area contributed by atoms with E-state index >= 15 is 0 Å². The van der Waals surface area contributed by atoms with Gasteiger partial charge in [0.1, 0.15) is 0 Å². The van der Waals surface area contributed by atoms with Gasteiger partial charge in [-0.25, -0.2) is 9.59 Å². The van der Waals surface area contributed by atoms with E-state index in [2.05, 4.69) is 59.8 Å². The maximum Gasteiger partial charge on any atom is 0.328 e. The minimum atomic E-state index is -1.26. The number of hydrogen-bond donors (Lipinski definition) is 2. The summed E-state index contributed by atoms with van der Waals surface area (Å²) >= 11 is 0. The number of carboxylic acid groups (broad SMARTS) is 2. The van der Waals surface area contributed by atoms with Crippen LogP contribution in [0.5, 0.6) is 0 Å². The van der Waals surface area contributed by atoms with Crippen LogP contribution < -0.4 is 0 Å². The van der Waals surface area contributed by atoms with Gasteiger partial charge in [-0.3, -0.25) is 4.99 Å². The fraction of sp³-hybridized carbons (Fsp3) is 0.211. The van der Waals surface area contributed by atoms with E-state index < -0.39 is 11.9 Å². The molecule has 0 atom stereocenters. The summed E-state index contributed by atoms with van der Waals surface area (Å²) in [7, 11) is 0. The lowest BCUT2D eigenvalue weighted by molar-refractivity contribution is -0.134. The van der Waals surface area contributed by atoms with Crippen molar-refractivity contribution in [2.45, 2.75) is 20.4 Å². The number of fused-ring (bicyclic) bond motifs is 1. The molecule has 1 aromatic carbocycles. The zero-order chi connectivity index (χ0) is 18.4. The van der Waals surface area contributed by atoms with Crippen LogP contribution in [0.4, 0.5) is 0 Å². The van der Waals surface area contributed by atoms with Gasteiger partial charge in [0, 0.05) is 30.0 Å². The molecular weight excluding hydrogens is 320 g/mol. The molecule has 0 saturated heterocycles. The van der Waals surface area contributed by atoms with Crippen LogP contribution in [0.3, 0.4) is 0 Å². The van der Waals surface area contributed by atoms with Crippen LogP contribution in [0.2, 0.25) is 0 Å². The number of rotatable bonds is 3. The van der Waals surface area contributed by atoms with Crippen molar-refractivity contribution in [3.05, 3.63) is 59.9 Å². The Kier molecular flexibility index (Phi) is 5.89. The average Bonchev–Trinajstić information content (AvgIpc) is 2.93. The summed E-state index contributed by atoms with van der Waals surface area (Å²) in [5.74, 6) is -2.51. The molecule has 1 aromatic heterocycles. The lowest BCUT2D eigenvalue weighted by Crippen LogP contribution is -2.16. The van der Waals surface area contributed by atoms with Crippen molar-refractivity contribution in [2.24, 2.45) is 4.99 Å². The Labute approximate surface area is 145 Å². The number of carboxylic acids is 2. The van der Waals surface area contributed by atoms with E-state index in [9.17, 15) is 9.59 Å². The third-order valence-corrected chi connectivity index (χ3v) is 3.86. The molecule has 0 fully saturated rings. The molecule has 3 rings (SSSR count). The number of carbonyl (C=O) groups is 2. The molecule has 6 heteroatoms. The highest BCUT2D eigenvalue weighted by Crippen LogP contribution is 2.28. The Hall–Kier alpha value is -3.15. The molecule has 0 radical (unpaired) electrons. The molecule has 2 N–H and O–H groups in total. The summed E-state index contributed by atoms with van der Waals surface area (Å²) in [6.07, 6.45) is 1.12. The fourth-order valence-corrected chi connectivity index (χ4v) is 2.68. The lowest BCUT2D eigenvalue weighted by Gasteiger charge is -2.15. The van der Waals surface area contributed by atoms with Crippen molar-refractivity contribution in [3.63, 3.8) is 0 Å². The van der Waals surface area contributed by atoms with Gasteiger partial charge in [-0.15, -0.1) is 0 Å². The minimum absolute atomic E-state index is 0.558. The topological polar surface area (TPSA) is 91.9 Å². The molecule has 2 heterocycles. The number of aliphatic carboxylic acids is 2. The van der Waals surface area contributed by atoms with Gasteiger partial charge in [0.2, 0.25) is 0 Å². The molecule has 1 aliphatic rings. The third-order valence-electron chi connectivity index (χ3n) is 3.86. The highest BCUT2D eigenvalue weighted by molar-refractivity contribution is 5.99. The number of aromatic nitrogens is 1. The van der Waals surface area contributed by atoms with Crippen LogP contribution in [-0.4, -0.2) is 39.0 Å². The van der Waals surface area contributed by atoms with Crippen molar-refractivity contribution >= 4 is 17.7 Å². The van der Waals surface area contributed by atoms with Crippen molar-refractivity contribution < 1.29 is 19.8 Å². The van der Waals surface area contributed by atoms with Gasteiger partial charge < -0.3 is 14.8 Å². The standard InChI is InChI=1S/C15H16N2.C4H4O4/c1-11-15-10-14(13-6-4-3-5-7-13)12(2)17(15)9-8-16-11;5-3(6)1-2-4(7)8/h3-7,10H,8-9H2,1-2H3;1-2H,(H,5,6)(H,7,8). The molecule has 0 spiro atoms. The lowest BCUT2D eigenvalue weighted by atomic mass is 10.1. The van der Waals surface area contributed by atoms with E-state index in [0.717, 1.165) is 18.8 Å². The Balaban J connectivity index is 0.000000242. The van der Waals surface area contributed by atoms with Crippen molar-refractivity contribution in [1.29, 1.82) is 0 Å². The quantitative estimate of drug-likeness (QED) is 0.840. The smallest absolute Gasteiger partial charge is 0.328 e. The normalized spacial score (nSPS) is 12.8. The number of aliphatic imine (C=N–C) groups is 1. The highest BCUT2D eigenvalue weighted by Gasteiger charge is 2.16. The molecule has 6 nitrogen and oxygen atoms in total. The minimum Gasteiger partial charge on any atom is -0.478 e. The van der Waals surface area contributed by atoms with Gasteiger partial charge in [0.25, 0.3) is 0 Å². The number of nitrogens with zero attached hydrogens (tertiary/aromatic N) is 2. The molecule has 1 aliphatic heterocycles. The predicted molar refractivity (Wildman–Crippen MR) is 96.1 cm³/mol. The highest BCUT2D eigenvalue weighted by atomic mass is 16.4. The Bertz CT molecular complexity index is 817. The van der Waals surface area contributed by atoms with Gasteiger partial charge in [-0.1, -0.05) is 30.3 Å². The third kappa shape index (κ3) is 4.67. The fourth-order valence-electron chi connectivity index (χ4n) is 2.68.